The Balaban J connectivity index is 1.39. The van der Waals surface area contributed by atoms with Crippen LogP contribution in [0.15, 0.2) is 91.0 Å². The summed E-state index contributed by atoms with van der Waals surface area (Å²) in [7, 11) is 0. The van der Waals surface area contributed by atoms with E-state index >= 15 is 0 Å². The molecular formula is C27H27NO7. The smallest absolute Gasteiger partial charge is 0.291 e. The van der Waals surface area contributed by atoms with Crippen molar-refractivity contribution in [1.82, 2.24) is 0 Å². The first-order chi connectivity index (χ1) is 17.2. The van der Waals surface area contributed by atoms with Gasteiger partial charge in [-0.1, -0.05) is 91.0 Å². The third kappa shape index (κ3) is 5.58. The van der Waals surface area contributed by atoms with E-state index in [1.165, 1.54) is 0 Å². The number of nitro groups is 1. The highest BCUT2D eigenvalue weighted by Crippen LogP contribution is 2.37. The number of ether oxygens (including phenoxy) is 5. The minimum Gasteiger partial charge on any atom is -0.363 e. The molecule has 35 heavy (non-hydrogen) atoms. The van der Waals surface area contributed by atoms with Crippen LogP contribution < -0.4 is 0 Å². The van der Waals surface area contributed by atoms with Crippen molar-refractivity contribution in [2.75, 3.05) is 6.61 Å². The minimum atomic E-state index is -1.28. The van der Waals surface area contributed by atoms with Crippen molar-refractivity contribution in [1.29, 1.82) is 0 Å². The number of hydrogen-bond donors (Lipinski definition) is 0. The Labute approximate surface area is 203 Å². The van der Waals surface area contributed by atoms with E-state index in [-0.39, 0.29) is 19.8 Å². The molecule has 0 radical (unpaired) electrons. The Morgan fingerprint density at radius 1 is 0.800 bits per heavy atom. The Hall–Kier alpha value is -3.14. The van der Waals surface area contributed by atoms with Gasteiger partial charge < -0.3 is 23.7 Å². The largest absolute Gasteiger partial charge is 0.363 e. The van der Waals surface area contributed by atoms with E-state index in [4.69, 9.17) is 23.7 Å². The molecule has 182 valence electrons. The summed E-state index contributed by atoms with van der Waals surface area (Å²) in [5, 5.41) is 12.3. The second-order valence-corrected chi connectivity index (χ2v) is 8.55. The first-order valence-electron chi connectivity index (χ1n) is 11.6. The number of benzene rings is 3. The maximum absolute atomic E-state index is 12.3. The van der Waals surface area contributed by atoms with Gasteiger partial charge in [0, 0.05) is 10.5 Å². The average molecular weight is 478 g/mol. The Morgan fingerprint density at radius 2 is 1.37 bits per heavy atom. The highest BCUT2D eigenvalue weighted by atomic mass is 16.8. The molecule has 2 saturated heterocycles. The Kier molecular flexibility index (Phi) is 7.46. The summed E-state index contributed by atoms with van der Waals surface area (Å²) in [5.74, 6) is 0. The van der Waals surface area contributed by atoms with E-state index in [0.29, 0.717) is 0 Å². The van der Waals surface area contributed by atoms with Crippen LogP contribution in [0.2, 0.25) is 0 Å². The quantitative estimate of drug-likeness (QED) is 0.354. The third-order valence-corrected chi connectivity index (χ3v) is 6.16. The molecule has 0 saturated carbocycles. The lowest BCUT2D eigenvalue weighted by Gasteiger charge is -2.46. The molecule has 0 unspecified atom stereocenters. The zero-order valence-electron chi connectivity index (χ0n) is 19.1. The van der Waals surface area contributed by atoms with Crippen molar-refractivity contribution in [2.45, 2.75) is 50.1 Å². The lowest BCUT2D eigenvalue weighted by molar-refractivity contribution is -0.580. The van der Waals surface area contributed by atoms with Crippen LogP contribution >= 0.6 is 0 Å². The SMILES string of the molecule is O=[N+]([O-])[C@H]1[C@H](OCc2ccccc2)O[C@@H]2CO[C@@H](c3ccccc3)O[C@H]2[C@H]1OCc1ccccc1. The van der Waals surface area contributed by atoms with Crippen molar-refractivity contribution in [3.8, 4) is 0 Å². The van der Waals surface area contributed by atoms with Gasteiger partial charge in [-0.05, 0) is 11.1 Å². The first-order valence-corrected chi connectivity index (χ1v) is 11.6. The third-order valence-electron chi connectivity index (χ3n) is 6.16. The molecule has 0 spiro atoms. The summed E-state index contributed by atoms with van der Waals surface area (Å²) in [4.78, 5) is 11.9. The number of fused-ring (bicyclic) bond motifs is 1. The van der Waals surface area contributed by atoms with Crippen molar-refractivity contribution in [2.24, 2.45) is 0 Å². The van der Waals surface area contributed by atoms with Gasteiger partial charge in [0.15, 0.2) is 12.4 Å². The second kappa shape index (κ2) is 11.1. The van der Waals surface area contributed by atoms with Crippen LogP contribution in [-0.4, -0.2) is 42.2 Å². The van der Waals surface area contributed by atoms with Crippen molar-refractivity contribution >= 4 is 0 Å². The molecule has 0 aromatic heterocycles. The molecule has 0 amide bonds. The molecule has 0 bridgehead atoms. The first kappa shape index (κ1) is 23.6. The molecule has 2 fully saturated rings. The second-order valence-electron chi connectivity index (χ2n) is 8.55. The van der Waals surface area contributed by atoms with Crippen molar-refractivity contribution < 1.29 is 28.6 Å². The van der Waals surface area contributed by atoms with Gasteiger partial charge >= 0.3 is 0 Å². The summed E-state index contributed by atoms with van der Waals surface area (Å²) in [6.07, 6.45) is -3.97. The topological polar surface area (TPSA) is 89.3 Å². The maximum Gasteiger partial charge on any atom is 0.291 e. The normalized spacial score (nSPS) is 28.2. The van der Waals surface area contributed by atoms with Gasteiger partial charge in [-0.25, -0.2) is 0 Å². The molecule has 2 aliphatic heterocycles. The van der Waals surface area contributed by atoms with Crippen LogP contribution in [0.1, 0.15) is 23.0 Å². The zero-order chi connectivity index (χ0) is 24.0. The van der Waals surface area contributed by atoms with Crippen LogP contribution in [0.3, 0.4) is 0 Å². The monoisotopic (exact) mass is 477 g/mol. The molecule has 8 heteroatoms. The van der Waals surface area contributed by atoms with Gasteiger partial charge in [0.05, 0.1) is 19.8 Å². The Bertz CT molecular complexity index is 1080. The fraction of sp³-hybridized carbons (Fsp3) is 0.333. The van der Waals surface area contributed by atoms with E-state index in [1.807, 2.05) is 91.0 Å². The van der Waals surface area contributed by atoms with Crippen molar-refractivity contribution in [3.05, 3.63) is 118 Å². The lowest BCUT2D eigenvalue weighted by Crippen LogP contribution is -2.65. The minimum absolute atomic E-state index is 0.174. The predicted molar refractivity (Wildman–Crippen MR) is 126 cm³/mol. The molecule has 2 aliphatic rings. The molecule has 2 heterocycles. The van der Waals surface area contributed by atoms with Gasteiger partial charge in [-0.15, -0.1) is 0 Å². The van der Waals surface area contributed by atoms with Crippen LogP contribution in [0, 0.1) is 10.1 Å². The number of nitrogens with zero attached hydrogens (tertiary/aromatic N) is 1. The van der Waals surface area contributed by atoms with Crippen LogP contribution in [0.4, 0.5) is 0 Å². The summed E-state index contributed by atoms with van der Waals surface area (Å²) in [6.45, 7) is 0.572. The van der Waals surface area contributed by atoms with Crippen molar-refractivity contribution in [3.63, 3.8) is 0 Å². The zero-order valence-corrected chi connectivity index (χ0v) is 19.1. The summed E-state index contributed by atoms with van der Waals surface area (Å²) < 4.78 is 30.3. The van der Waals surface area contributed by atoms with Gasteiger partial charge in [-0.3, -0.25) is 10.1 Å². The highest BCUT2D eigenvalue weighted by molar-refractivity contribution is 5.17. The highest BCUT2D eigenvalue weighted by Gasteiger charge is 2.56. The maximum atomic E-state index is 12.3. The predicted octanol–water partition coefficient (Wildman–Crippen LogP) is 4.27. The molecule has 5 rings (SSSR count). The van der Waals surface area contributed by atoms with Crippen LogP contribution in [-0.2, 0) is 36.9 Å². The number of rotatable bonds is 8. The van der Waals surface area contributed by atoms with Gasteiger partial charge in [-0.2, -0.15) is 0 Å². The Morgan fingerprint density at radius 3 is 1.97 bits per heavy atom. The van der Waals surface area contributed by atoms with E-state index < -0.39 is 41.9 Å². The van der Waals surface area contributed by atoms with E-state index in [2.05, 4.69) is 0 Å². The van der Waals surface area contributed by atoms with Gasteiger partial charge in [0.25, 0.3) is 6.04 Å². The number of hydrogen-bond acceptors (Lipinski definition) is 7. The van der Waals surface area contributed by atoms with E-state index in [1.54, 1.807) is 0 Å². The molecule has 6 atom stereocenters. The average Bonchev–Trinajstić information content (AvgIpc) is 2.91. The molecule has 0 N–H and O–H groups in total. The van der Waals surface area contributed by atoms with E-state index in [0.717, 1.165) is 16.7 Å². The van der Waals surface area contributed by atoms with Gasteiger partial charge in [0.2, 0.25) is 6.29 Å². The summed E-state index contributed by atoms with van der Waals surface area (Å²) in [6, 6.07) is 27.2. The molecule has 8 nitrogen and oxygen atoms in total. The van der Waals surface area contributed by atoms with Crippen LogP contribution in [0.5, 0.6) is 0 Å². The fourth-order valence-electron chi connectivity index (χ4n) is 4.41. The fourth-order valence-corrected chi connectivity index (χ4v) is 4.41. The standard InChI is InChI=1S/C27H27NO7/c29-28(30)23-25(31-16-19-10-4-1-5-11-19)24-22(18-33-26(35-24)21-14-8-3-9-15-21)34-27(23)32-17-20-12-6-2-7-13-20/h1-15,22-27H,16-18H2/t22-,23-,24-,25+,26-,27-/m1/s1. The van der Waals surface area contributed by atoms with E-state index in [9.17, 15) is 10.1 Å². The molecule has 3 aromatic carbocycles. The summed E-state index contributed by atoms with van der Waals surface area (Å²) in [5.41, 5.74) is 2.63. The molecule has 0 aliphatic carbocycles. The molecular weight excluding hydrogens is 450 g/mol. The summed E-state index contributed by atoms with van der Waals surface area (Å²) >= 11 is 0. The molecule has 3 aromatic rings. The van der Waals surface area contributed by atoms with Crippen LogP contribution in [0.25, 0.3) is 0 Å². The van der Waals surface area contributed by atoms with Gasteiger partial charge in [0.1, 0.15) is 12.2 Å². The lowest BCUT2D eigenvalue weighted by atomic mass is 9.95.